The van der Waals surface area contributed by atoms with Gasteiger partial charge in [-0.25, -0.2) is 0 Å². The largest absolute Gasteiger partial charge is 0.492 e. The van der Waals surface area contributed by atoms with Gasteiger partial charge in [0.1, 0.15) is 5.75 Å². The second-order valence-corrected chi connectivity index (χ2v) is 6.77. The van der Waals surface area contributed by atoms with Crippen LogP contribution in [0.4, 0.5) is 0 Å². The Hall–Kier alpha value is -0.910. The lowest BCUT2D eigenvalue weighted by Crippen LogP contribution is -2.21. The third kappa shape index (κ3) is 4.04. The zero-order chi connectivity index (χ0) is 14.4. The van der Waals surface area contributed by atoms with Gasteiger partial charge in [0, 0.05) is 6.20 Å². The van der Waals surface area contributed by atoms with Crippen LogP contribution in [-0.2, 0) is 0 Å². The van der Waals surface area contributed by atoms with Gasteiger partial charge < -0.3 is 10.1 Å². The minimum atomic E-state index is 0.153. The van der Waals surface area contributed by atoms with Gasteiger partial charge in [0.15, 0.2) is 0 Å². The summed E-state index contributed by atoms with van der Waals surface area (Å²) < 4.78 is 6.81. The van der Waals surface area contributed by atoms with Crippen molar-refractivity contribution in [1.29, 1.82) is 0 Å². The molecule has 1 atom stereocenters. The molecule has 2 aromatic rings. The highest BCUT2D eigenvalue weighted by Crippen LogP contribution is 2.30. The summed E-state index contributed by atoms with van der Waals surface area (Å²) in [7, 11) is 0. The number of pyridine rings is 1. The zero-order valence-electron chi connectivity index (χ0n) is 11.7. The predicted molar refractivity (Wildman–Crippen MR) is 87.6 cm³/mol. The molecule has 0 radical (unpaired) electrons. The Labute approximate surface area is 132 Å². The molecule has 0 saturated heterocycles. The van der Waals surface area contributed by atoms with Crippen LogP contribution >= 0.6 is 27.3 Å². The molecule has 0 saturated carbocycles. The third-order valence-corrected chi connectivity index (χ3v) is 4.39. The van der Waals surface area contributed by atoms with E-state index < -0.39 is 0 Å². The Bertz CT molecular complexity index is 544. The molecule has 0 aliphatic heterocycles. The van der Waals surface area contributed by atoms with E-state index in [1.807, 2.05) is 6.20 Å². The van der Waals surface area contributed by atoms with Crippen molar-refractivity contribution >= 4 is 27.3 Å². The number of nitrogens with one attached hydrogen (secondary N) is 1. The van der Waals surface area contributed by atoms with E-state index in [9.17, 15) is 0 Å². The summed E-state index contributed by atoms with van der Waals surface area (Å²) in [5, 5.41) is 5.67. The summed E-state index contributed by atoms with van der Waals surface area (Å²) >= 11 is 5.22. The van der Waals surface area contributed by atoms with E-state index in [0.717, 1.165) is 34.7 Å². The molecule has 0 fully saturated rings. The van der Waals surface area contributed by atoms with Crippen LogP contribution in [0.25, 0.3) is 0 Å². The summed E-state index contributed by atoms with van der Waals surface area (Å²) in [4.78, 5) is 4.30. The SMILES string of the molecule is CCCOc1cncc(C(NCC)c2csc(Br)c2)c1. The van der Waals surface area contributed by atoms with Crippen molar-refractivity contribution in [2.24, 2.45) is 0 Å². The van der Waals surface area contributed by atoms with Gasteiger partial charge in [-0.05, 0) is 57.5 Å². The molecule has 108 valence electrons. The van der Waals surface area contributed by atoms with Crippen LogP contribution in [-0.4, -0.2) is 18.1 Å². The number of ether oxygens (including phenoxy) is 1. The molecule has 0 spiro atoms. The number of hydrogen-bond acceptors (Lipinski definition) is 4. The maximum atomic E-state index is 5.67. The molecule has 0 aromatic carbocycles. The van der Waals surface area contributed by atoms with Gasteiger partial charge >= 0.3 is 0 Å². The lowest BCUT2D eigenvalue weighted by Gasteiger charge is -2.17. The van der Waals surface area contributed by atoms with E-state index in [2.05, 4.69) is 57.6 Å². The summed E-state index contributed by atoms with van der Waals surface area (Å²) in [5.74, 6) is 0.835. The Morgan fingerprint density at radius 2 is 2.15 bits per heavy atom. The van der Waals surface area contributed by atoms with Crippen molar-refractivity contribution in [2.75, 3.05) is 13.2 Å². The van der Waals surface area contributed by atoms with Crippen molar-refractivity contribution in [2.45, 2.75) is 26.3 Å². The number of halogens is 1. The van der Waals surface area contributed by atoms with E-state index in [-0.39, 0.29) is 6.04 Å². The Morgan fingerprint density at radius 3 is 2.80 bits per heavy atom. The number of nitrogens with zero attached hydrogens (tertiary/aromatic N) is 1. The van der Waals surface area contributed by atoms with Gasteiger partial charge in [0.2, 0.25) is 0 Å². The molecule has 0 amide bonds. The standard InChI is InChI=1S/C15H19BrN2OS/c1-3-5-19-13-6-11(8-17-9-13)15(18-4-2)12-7-14(16)20-10-12/h6-10,15,18H,3-5H2,1-2H3. The minimum absolute atomic E-state index is 0.153. The first-order valence-electron chi connectivity index (χ1n) is 6.79. The maximum Gasteiger partial charge on any atom is 0.137 e. The molecule has 2 heterocycles. The molecule has 3 nitrogen and oxygen atoms in total. The smallest absolute Gasteiger partial charge is 0.137 e. The van der Waals surface area contributed by atoms with E-state index in [1.165, 1.54) is 5.56 Å². The van der Waals surface area contributed by atoms with Gasteiger partial charge in [-0.2, -0.15) is 0 Å². The quantitative estimate of drug-likeness (QED) is 0.800. The summed E-state index contributed by atoms with van der Waals surface area (Å²) in [5.41, 5.74) is 2.38. The molecular formula is C15H19BrN2OS. The molecular weight excluding hydrogens is 336 g/mol. The fourth-order valence-electron chi connectivity index (χ4n) is 2.00. The van der Waals surface area contributed by atoms with E-state index >= 15 is 0 Å². The number of rotatable bonds is 7. The topological polar surface area (TPSA) is 34.1 Å². The van der Waals surface area contributed by atoms with E-state index in [4.69, 9.17) is 4.74 Å². The van der Waals surface area contributed by atoms with Crippen LogP contribution in [0, 0.1) is 0 Å². The van der Waals surface area contributed by atoms with Crippen molar-refractivity contribution < 1.29 is 4.74 Å². The van der Waals surface area contributed by atoms with Crippen LogP contribution in [0.5, 0.6) is 5.75 Å². The summed E-state index contributed by atoms with van der Waals surface area (Å²) in [6, 6.07) is 4.37. The van der Waals surface area contributed by atoms with Crippen LogP contribution in [0.3, 0.4) is 0 Å². The lowest BCUT2D eigenvalue weighted by molar-refractivity contribution is 0.315. The third-order valence-electron chi connectivity index (χ3n) is 2.87. The van der Waals surface area contributed by atoms with Gasteiger partial charge in [-0.3, -0.25) is 4.98 Å². The highest BCUT2D eigenvalue weighted by atomic mass is 79.9. The number of thiophene rings is 1. The van der Waals surface area contributed by atoms with Crippen molar-refractivity contribution in [3.8, 4) is 5.75 Å². The van der Waals surface area contributed by atoms with Crippen molar-refractivity contribution in [3.05, 3.63) is 44.8 Å². The molecule has 1 N–H and O–H groups in total. The first-order chi connectivity index (χ1) is 9.74. The van der Waals surface area contributed by atoms with Crippen molar-refractivity contribution in [3.63, 3.8) is 0 Å². The average Bonchev–Trinajstić information content (AvgIpc) is 2.89. The van der Waals surface area contributed by atoms with E-state index in [1.54, 1.807) is 17.5 Å². The second kappa shape index (κ2) is 7.76. The molecule has 5 heteroatoms. The molecule has 0 bridgehead atoms. The fraction of sp³-hybridized carbons (Fsp3) is 0.400. The molecule has 2 aromatic heterocycles. The second-order valence-electron chi connectivity index (χ2n) is 4.48. The Morgan fingerprint density at radius 1 is 1.30 bits per heavy atom. The lowest BCUT2D eigenvalue weighted by atomic mass is 10.0. The van der Waals surface area contributed by atoms with E-state index in [0.29, 0.717) is 0 Å². The monoisotopic (exact) mass is 354 g/mol. The fourth-order valence-corrected chi connectivity index (χ4v) is 3.20. The average molecular weight is 355 g/mol. The normalized spacial score (nSPS) is 12.3. The predicted octanol–water partition coefficient (Wildman–Crippen LogP) is 4.39. The molecule has 0 aliphatic carbocycles. The Balaban J connectivity index is 2.24. The molecule has 1 unspecified atom stereocenters. The van der Waals surface area contributed by atoms with Gasteiger partial charge in [-0.1, -0.05) is 13.8 Å². The van der Waals surface area contributed by atoms with Crippen molar-refractivity contribution in [1.82, 2.24) is 10.3 Å². The van der Waals surface area contributed by atoms with Gasteiger partial charge in [0.05, 0.1) is 22.6 Å². The molecule has 20 heavy (non-hydrogen) atoms. The number of hydrogen-bond donors (Lipinski definition) is 1. The molecule has 0 aliphatic rings. The first-order valence-corrected chi connectivity index (χ1v) is 8.47. The Kier molecular flexibility index (Phi) is 6.01. The first kappa shape index (κ1) is 15.5. The van der Waals surface area contributed by atoms with Crippen LogP contribution in [0.15, 0.2) is 33.7 Å². The summed E-state index contributed by atoms with van der Waals surface area (Å²) in [6.07, 6.45) is 4.67. The number of aromatic nitrogens is 1. The summed E-state index contributed by atoms with van der Waals surface area (Å²) in [6.45, 7) is 5.83. The van der Waals surface area contributed by atoms with Crippen LogP contribution in [0.2, 0.25) is 0 Å². The van der Waals surface area contributed by atoms with Crippen LogP contribution in [0.1, 0.15) is 37.4 Å². The zero-order valence-corrected chi connectivity index (χ0v) is 14.1. The van der Waals surface area contributed by atoms with Gasteiger partial charge in [0.25, 0.3) is 0 Å². The van der Waals surface area contributed by atoms with Crippen LogP contribution < -0.4 is 10.1 Å². The van der Waals surface area contributed by atoms with Gasteiger partial charge in [-0.15, -0.1) is 11.3 Å². The minimum Gasteiger partial charge on any atom is -0.492 e. The molecule has 2 rings (SSSR count). The maximum absolute atomic E-state index is 5.67. The highest BCUT2D eigenvalue weighted by molar-refractivity contribution is 9.11. The highest BCUT2D eigenvalue weighted by Gasteiger charge is 2.15.